The Hall–Kier alpha value is -2.60. The van der Waals surface area contributed by atoms with E-state index >= 15 is 0 Å². The zero-order chi connectivity index (χ0) is 23.3. The van der Waals surface area contributed by atoms with Crippen molar-refractivity contribution in [1.82, 2.24) is 0 Å². The minimum Gasteiger partial charge on any atom is -0.0736 e. The Labute approximate surface area is 195 Å². The van der Waals surface area contributed by atoms with Crippen molar-refractivity contribution in [2.45, 2.75) is 53.9 Å². The van der Waals surface area contributed by atoms with Gasteiger partial charge in [-0.05, 0) is 22.0 Å². The lowest BCUT2D eigenvalue weighted by Crippen LogP contribution is -2.61. The van der Waals surface area contributed by atoms with E-state index in [1.807, 2.05) is 0 Å². The molecule has 0 heterocycles. The van der Waals surface area contributed by atoms with Crippen LogP contribution in [0.1, 0.15) is 59.6 Å². The second-order valence-corrected chi connectivity index (χ2v) is 11.7. The van der Waals surface area contributed by atoms with E-state index in [0.717, 1.165) is 0 Å². The third kappa shape index (κ3) is 2.95. The Morgan fingerprint density at radius 3 is 1.47 bits per heavy atom. The second-order valence-electron chi connectivity index (χ2n) is 11.7. The minimum atomic E-state index is -0.337. The van der Waals surface area contributed by atoms with Crippen LogP contribution in [0, 0.1) is 21.7 Å². The largest absolute Gasteiger partial charge is 0.0736 e. The Kier molecular flexibility index (Phi) is 5.28. The molecule has 0 saturated carbocycles. The highest BCUT2D eigenvalue weighted by Crippen LogP contribution is 2.71. The van der Waals surface area contributed by atoms with Crippen LogP contribution in [-0.4, -0.2) is 0 Å². The van der Waals surface area contributed by atoms with Gasteiger partial charge in [0.1, 0.15) is 0 Å². The fourth-order valence-electron chi connectivity index (χ4n) is 6.76. The maximum Gasteiger partial charge on any atom is 0.0458 e. The summed E-state index contributed by atoms with van der Waals surface area (Å²) >= 11 is 0. The highest BCUT2D eigenvalue weighted by molar-refractivity contribution is 5.59. The summed E-state index contributed by atoms with van der Waals surface area (Å²) < 4.78 is 0. The SMILES string of the molecule is CC(C)(C)C1=CC=CC1(C(C)(C)C)C(c1ccccc1)(c1ccccc1)C1(C)C=CC=C1. The topological polar surface area (TPSA) is 0 Å². The molecule has 2 aliphatic carbocycles. The summed E-state index contributed by atoms with van der Waals surface area (Å²) in [5.41, 5.74) is 3.42. The molecule has 0 fully saturated rings. The van der Waals surface area contributed by atoms with Crippen LogP contribution in [0.2, 0.25) is 0 Å². The predicted molar refractivity (Wildman–Crippen MR) is 139 cm³/mol. The maximum absolute atomic E-state index is 2.53. The first kappa shape index (κ1) is 22.6. The Balaban J connectivity index is 2.27. The summed E-state index contributed by atoms with van der Waals surface area (Å²) in [5, 5.41) is 0. The lowest BCUT2D eigenvalue weighted by molar-refractivity contribution is 0.0372. The molecule has 0 saturated heterocycles. The van der Waals surface area contributed by atoms with Crippen LogP contribution >= 0.6 is 0 Å². The zero-order valence-corrected chi connectivity index (χ0v) is 20.8. The fourth-order valence-corrected chi connectivity index (χ4v) is 6.76. The van der Waals surface area contributed by atoms with Gasteiger partial charge in [0.05, 0.1) is 0 Å². The van der Waals surface area contributed by atoms with Crippen molar-refractivity contribution in [2.24, 2.45) is 21.7 Å². The van der Waals surface area contributed by atoms with E-state index < -0.39 is 0 Å². The average molecular weight is 423 g/mol. The van der Waals surface area contributed by atoms with Crippen LogP contribution in [0.25, 0.3) is 0 Å². The van der Waals surface area contributed by atoms with E-state index in [0.29, 0.717) is 0 Å². The van der Waals surface area contributed by atoms with Crippen molar-refractivity contribution >= 4 is 0 Å². The summed E-state index contributed by atoms with van der Waals surface area (Å²) in [6.07, 6.45) is 16.6. The first-order valence-corrected chi connectivity index (χ1v) is 11.9. The maximum atomic E-state index is 2.53. The molecule has 0 spiro atoms. The smallest absolute Gasteiger partial charge is 0.0458 e. The molecule has 0 bridgehead atoms. The molecule has 32 heavy (non-hydrogen) atoms. The number of rotatable bonds is 4. The molecule has 1 atom stereocenters. The monoisotopic (exact) mass is 422 g/mol. The molecule has 2 aliphatic rings. The van der Waals surface area contributed by atoms with Gasteiger partial charge in [0.25, 0.3) is 0 Å². The zero-order valence-electron chi connectivity index (χ0n) is 20.8. The lowest BCUT2D eigenvalue weighted by Gasteiger charge is -2.64. The van der Waals surface area contributed by atoms with Gasteiger partial charge in [0.2, 0.25) is 0 Å². The van der Waals surface area contributed by atoms with Crippen LogP contribution in [-0.2, 0) is 5.41 Å². The highest BCUT2D eigenvalue weighted by atomic mass is 14.7. The first-order valence-electron chi connectivity index (χ1n) is 11.9. The number of hydrogen-bond donors (Lipinski definition) is 0. The predicted octanol–water partition coefficient (Wildman–Crippen LogP) is 8.68. The molecular weight excluding hydrogens is 384 g/mol. The van der Waals surface area contributed by atoms with Crippen molar-refractivity contribution in [3.05, 3.63) is 120 Å². The van der Waals surface area contributed by atoms with Gasteiger partial charge in [-0.25, -0.2) is 0 Å². The summed E-state index contributed by atoms with van der Waals surface area (Å²) in [6.45, 7) is 16.8. The number of allylic oxidation sites excluding steroid dienone is 8. The third-order valence-corrected chi connectivity index (χ3v) is 7.83. The van der Waals surface area contributed by atoms with Crippen LogP contribution in [0.5, 0.6) is 0 Å². The standard InChI is InChI=1S/C32H38/c1-28(2,3)27-21-16-24-31(27,29(4,5)6)32(25-17-10-8-11-18-25,26-19-12-9-13-20-26)30(7)22-14-15-23-30/h8-24H,1-7H3. The summed E-state index contributed by atoms with van der Waals surface area (Å²) in [5.74, 6) is 0. The quantitative estimate of drug-likeness (QED) is 0.462. The average Bonchev–Trinajstić information content (AvgIpc) is 3.38. The second kappa shape index (κ2) is 7.48. The van der Waals surface area contributed by atoms with Crippen LogP contribution < -0.4 is 0 Å². The molecule has 0 radical (unpaired) electrons. The van der Waals surface area contributed by atoms with E-state index in [2.05, 4.69) is 152 Å². The van der Waals surface area contributed by atoms with Crippen molar-refractivity contribution < 1.29 is 0 Å². The molecule has 0 nitrogen and oxygen atoms in total. The molecule has 4 rings (SSSR count). The van der Waals surface area contributed by atoms with E-state index in [1.54, 1.807) is 0 Å². The van der Waals surface area contributed by atoms with Gasteiger partial charge in [-0.1, -0.05) is 157 Å². The molecule has 0 N–H and O–H groups in total. The van der Waals surface area contributed by atoms with Gasteiger partial charge in [-0.2, -0.15) is 0 Å². The van der Waals surface area contributed by atoms with Crippen molar-refractivity contribution in [1.29, 1.82) is 0 Å². The Morgan fingerprint density at radius 1 is 0.594 bits per heavy atom. The molecule has 0 aromatic heterocycles. The molecule has 1 unspecified atom stereocenters. The van der Waals surface area contributed by atoms with Crippen LogP contribution in [0.3, 0.4) is 0 Å². The minimum absolute atomic E-state index is 0.0218. The Morgan fingerprint density at radius 2 is 1.06 bits per heavy atom. The van der Waals surface area contributed by atoms with Gasteiger partial charge in [-0.15, -0.1) is 0 Å². The normalized spacial score (nSPS) is 22.4. The van der Waals surface area contributed by atoms with E-state index in [-0.39, 0.29) is 27.1 Å². The van der Waals surface area contributed by atoms with Crippen LogP contribution in [0.15, 0.2) is 109 Å². The number of benzene rings is 2. The summed E-state index contributed by atoms with van der Waals surface area (Å²) in [6, 6.07) is 22.5. The van der Waals surface area contributed by atoms with Gasteiger partial charge < -0.3 is 0 Å². The Bertz CT molecular complexity index is 1030. The van der Waals surface area contributed by atoms with Gasteiger partial charge >= 0.3 is 0 Å². The van der Waals surface area contributed by atoms with E-state index in [9.17, 15) is 0 Å². The van der Waals surface area contributed by atoms with Crippen molar-refractivity contribution in [2.75, 3.05) is 0 Å². The molecular formula is C32H38. The van der Waals surface area contributed by atoms with Gasteiger partial charge in [-0.3, -0.25) is 0 Å². The molecule has 166 valence electrons. The lowest BCUT2D eigenvalue weighted by atomic mass is 9.38. The fraction of sp³-hybridized carbons (Fsp3) is 0.375. The molecule has 2 aromatic rings. The van der Waals surface area contributed by atoms with E-state index in [4.69, 9.17) is 0 Å². The summed E-state index contributed by atoms with van der Waals surface area (Å²) in [4.78, 5) is 0. The van der Waals surface area contributed by atoms with Gasteiger partial charge in [0.15, 0.2) is 0 Å². The molecule has 0 amide bonds. The first-order chi connectivity index (χ1) is 15.0. The van der Waals surface area contributed by atoms with Crippen molar-refractivity contribution in [3.63, 3.8) is 0 Å². The molecule has 2 aromatic carbocycles. The van der Waals surface area contributed by atoms with Gasteiger partial charge in [0, 0.05) is 16.2 Å². The highest BCUT2D eigenvalue weighted by Gasteiger charge is 2.67. The van der Waals surface area contributed by atoms with Crippen LogP contribution in [0.4, 0.5) is 0 Å². The van der Waals surface area contributed by atoms with Crippen molar-refractivity contribution in [3.8, 4) is 0 Å². The molecule has 0 heteroatoms. The summed E-state index contributed by atoms with van der Waals surface area (Å²) in [7, 11) is 0. The third-order valence-electron chi connectivity index (χ3n) is 7.83. The van der Waals surface area contributed by atoms with E-state index in [1.165, 1.54) is 16.7 Å². The molecule has 0 aliphatic heterocycles. The number of hydrogen-bond acceptors (Lipinski definition) is 0.